The maximum atomic E-state index is 12.8. The van der Waals surface area contributed by atoms with Gasteiger partial charge in [0.15, 0.2) is 11.5 Å². The summed E-state index contributed by atoms with van der Waals surface area (Å²) in [5.41, 5.74) is 2.27. The number of halogens is 2. The van der Waals surface area contributed by atoms with Crippen molar-refractivity contribution in [1.82, 2.24) is 20.2 Å². The molecule has 5 rings (SSSR count). The van der Waals surface area contributed by atoms with Crippen LogP contribution < -0.4 is 9.46 Å². The molecule has 3 N–H and O–H groups in total. The summed E-state index contributed by atoms with van der Waals surface area (Å²) in [4.78, 5) is 9.11. The van der Waals surface area contributed by atoms with Gasteiger partial charge in [-0.05, 0) is 75.1 Å². The monoisotopic (exact) mass is 547 g/mol. The smallest absolute Gasteiger partial charge is 0.263 e. The maximum absolute atomic E-state index is 12.8. The molecule has 0 saturated heterocycles. The van der Waals surface area contributed by atoms with Crippen molar-refractivity contribution < 1.29 is 18.3 Å². The number of aromatic amines is 1. The van der Waals surface area contributed by atoms with E-state index in [0.29, 0.717) is 46.8 Å². The van der Waals surface area contributed by atoms with E-state index in [1.165, 1.54) is 18.2 Å². The van der Waals surface area contributed by atoms with Gasteiger partial charge in [0.05, 0.1) is 11.1 Å². The van der Waals surface area contributed by atoms with Crippen molar-refractivity contribution in [3.8, 4) is 17.3 Å². The van der Waals surface area contributed by atoms with Crippen LogP contribution in [-0.4, -0.2) is 45.9 Å². The zero-order chi connectivity index (χ0) is 25.4. The molecule has 0 radical (unpaired) electrons. The fraction of sp³-hybridized carbons (Fsp3) is 0.292. The molecular formula is C24H23Cl2N5O4S. The van der Waals surface area contributed by atoms with E-state index >= 15 is 0 Å². The average molecular weight is 548 g/mol. The number of benzene rings is 2. The third kappa shape index (κ3) is 5.12. The molecular weight excluding hydrogens is 525 g/mol. The van der Waals surface area contributed by atoms with E-state index in [1.54, 1.807) is 24.3 Å². The summed E-state index contributed by atoms with van der Waals surface area (Å²) in [6.45, 7) is 1.88. The van der Waals surface area contributed by atoms with E-state index < -0.39 is 10.0 Å². The number of nitrogens with zero attached hydrogens (tertiary/aromatic N) is 3. The molecule has 0 aliphatic heterocycles. The SMILES string of the molecule is Cc1[nH]nc2nc(-c3ccc(NS(=O)(=O)c4cc(Cl)ccc4Cl)cc3)nc(OC3CCC(O)CC3)c12. The Kier molecular flexibility index (Phi) is 6.78. The van der Waals surface area contributed by atoms with Crippen LogP contribution in [0.5, 0.6) is 5.88 Å². The van der Waals surface area contributed by atoms with Crippen LogP contribution >= 0.6 is 23.2 Å². The number of ether oxygens (including phenoxy) is 1. The summed E-state index contributed by atoms with van der Waals surface area (Å²) >= 11 is 12.0. The topological polar surface area (TPSA) is 130 Å². The van der Waals surface area contributed by atoms with Crippen molar-refractivity contribution in [3.05, 3.63) is 58.2 Å². The lowest BCUT2D eigenvalue weighted by atomic mass is 9.95. The quantitative estimate of drug-likeness (QED) is 0.305. The Morgan fingerprint density at radius 1 is 1.06 bits per heavy atom. The number of H-pyrrole nitrogens is 1. The second kappa shape index (κ2) is 9.85. The van der Waals surface area contributed by atoms with Crippen LogP contribution in [0.4, 0.5) is 5.69 Å². The minimum Gasteiger partial charge on any atom is -0.474 e. The molecule has 4 aromatic rings. The molecule has 1 fully saturated rings. The zero-order valence-electron chi connectivity index (χ0n) is 19.2. The summed E-state index contributed by atoms with van der Waals surface area (Å²) in [5.74, 6) is 0.829. The second-order valence-corrected chi connectivity index (χ2v) is 11.2. The summed E-state index contributed by atoms with van der Waals surface area (Å²) in [5, 5.41) is 18.1. The Hall–Kier alpha value is -2.92. The van der Waals surface area contributed by atoms with Crippen LogP contribution in [0.3, 0.4) is 0 Å². The van der Waals surface area contributed by atoms with Crippen LogP contribution in [0, 0.1) is 6.92 Å². The Bertz CT molecular complexity index is 1520. The Labute approximate surface area is 217 Å². The summed E-state index contributed by atoms with van der Waals surface area (Å²) in [7, 11) is -3.95. The number of aromatic nitrogens is 4. The lowest BCUT2D eigenvalue weighted by molar-refractivity contribution is 0.0652. The van der Waals surface area contributed by atoms with Gasteiger partial charge >= 0.3 is 0 Å². The van der Waals surface area contributed by atoms with Crippen molar-refractivity contribution in [2.45, 2.75) is 49.7 Å². The van der Waals surface area contributed by atoms with Crippen molar-refractivity contribution in [3.63, 3.8) is 0 Å². The lowest BCUT2D eigenvalue weighted by Crippen LogP contribution is -2.27. The second-order valence-electron chi connectivity index (χ2n) is 8.71. The number of aryl methyl sites for hydroxylation is 1. The Morgan fingerprint density at radius 2 is 1.78 bits per heavy atom. The molecule has 2 heterocycles. The van der Waals surface area contributed by atoms with Gasteiger partial charge in [0.1, 0.15) is 16.4 Å². The molecule has 0 unspecified atom stereocenters. The highest BCUT2D eigenvalue weighted by molar-refractivity contribution is 7.92. The van der Waals surface area contributed by atoms with Crippen molar-refractivity contribution >= 4 is 49.9 Å². The fourth-order valence-electron chi connectivity index (χ4n) is 4.15. The van der Waals surface area contributed by atoms with Gasteiger partial charge in [0.25, 0.3) is 10.0 Å². The van der Waals surface area contributed by atoms with Gasteiger partial charge in [0.2, 0.25) is 5.88 Å². The molecule has 1 aliphatic carbocycles. The van der Waals surface area contributed by atoms with Gasteiger partial charge in [-0.15, -0.1) is 0 Å². The van der Waals surface area contributed by atoms with E-state index in [1.807, 2.05) is 6.92 Å². The van der Waals surface area contributed by atoms with E-state index in [-0.39, 0.29) is 27.1 Å². The van der Waals surface area contributed by atoms with Gasteiger partial charge in [-0.3, -0.25) is 9.82 Å². The molecule has 36 heavy (non-hydrogen) atoms. The molecule has 12 heteroatoms. The highest BCUT2D eigenvalue weighted by Gasteiger charge is 2.24. The molecule has 1 saturated carbocycles. The van der Waals surface area contributed by atoms with E-state index in [2.05, 4.69) is 24.9 Å². The first-order valence-corrected chi connectivity index (χ1v) is 13.6. The first-order chi connectivity index (χ1) is 17.2. The molecule has 2 aromatic carbocycles. The number of fused-ring (bicyclic) bond motifs is 1. The molecule has 0 bridgehead atoms. The molecule has 0 atom stereocenters. The number of hydrogen-bond acceptors (Lipinski definition) is 7. The standard InChI is InChI=1S/C24H23Cl2N5O4S/c1-13-21-23(30-29-13)27-22(28-24(21)35-18-9-7-17(32)8-10-18)14-2-5-16(6-3-14)31-36(33,34)20-12-15(25)4-11-19(20)26/h2-6,11-12,17-18,31-32H,7-10H2,1H3,(H,27,28,29,30). The first kappa shape index (κ1) is 24.8. The molecule has 188 valence electrons. The summed E-state index contributed by atoms with van der Waals surface area (Å²) in [6.07, 6.45) is 2.52. The highest BCUT2D eigenvalue weighted by Crippen LogP contribution is 2.32. The normalized spacial score (nSPS) is 18.3. The molecule has 2 aromatic heterocycles. The third-order valence-electron chi connectivity index (χ3n) is 6.06. The summed E-state index contributed by atoms with van der Waals surface area (Å²) < 4.78 is 34.4. The first-order valence-electron chi connectivity index (χ1n) is 11.4. The maximum Gasteiger partial charge on any atom is 0.263 e. The van der Waals surface area contributed by atoms with Gasteiger partial charge in [0, 0.05) is 22.0 Å². The molecule has 0 amide bonds. The number of aliphatic hydroxyl groups excluding tert-OH is 1. The fourth-order valence-corrected chi connectivity index (χ4v) is 5.97. The minimum absolute atomic E-state index is 0.0521. The van der Waals surface area contributed by atoms with Crippen molar-refractivity contribution in [2.24, 2.45) is 0 Å². The van der Waals surface area contributed by atoms with Gasteiger partial charge in [-0.1, -0.05) is 23.2 Å². The molecule has 0 spiro atoms. The number of sulfonamides is 1. The number of anilines is 1. The van der Waals surface area contributed by atoms with Gasteiger partial charge < -0.3 is 9.84 Å². The average Bonchev–Trinajstić information content (AvgIpc) is 3.23. The third-order valence-corrected chi connectivity index (χ3v) is 8.16. The van der Waals surface area contributed by atoms with Crippen LogP contribution in [-0.2, 0) is 10.0 Å². The number of nitrogens with one attached hydrogen (secondary N) is 2. The van der Waals surface area contributed by atoms with Crippen molar-refractivity contribution in [2.75, 3.05) is 4.72 Å². The van der Waals surface area contributed by atoms with Crippen LogP contribution in [0.2, 0.25) is 10.0 Å². The van der Waals surface area contributed by atoms with Gasteiger partial charge in [-0.2, -0.15) is 10.1 Å². The van der Waals surface area contributed by atoms with Crippen LogP contribution in [0.25, 0.3) is 22.4 Å². The van der Waals surface area contributed by atoms with Crippen LogP contribution in [0.1, 0.15) is 31.4 Å². The largest absolute Gasteiger partial charge is 0.474 e. The lowest BCUT2D eigenvalue weighted by Gasteiger charge is -2.26. The van der Waals surface area contributed by atoms with E-state index in [9.17, 15) is 13.5 Å². The number of rotatable bonds is 6. The number of aliphatic hydroxyl groups is 1. The molecule has 1 aliphatic rings. The Morgan fingerprint density at radius 3 is 2.50 bits per heavy atom. The Balaban J connectivity index is 1.42. The minimum atomic E-state index is -3.95. The molecule has 9 nitrogen and oxygen atoms in total. The van der Waals surface area contributed by atoms with E-state index in [4.69, 9.17) is 27.9 Å². The summed E-state index contributed by atoms with van der Waals surface area (Å²) in [6, 6.07) is 10.9. The van der Waals surface area contributed by atoms with Crippen molar-refractivity contribution in [1.29, 1.82) is 0 Å². The number of hydrogen-bond donors (Lipinski definition) is 3. The zero-order valence-corrected chi connectivity index (χ0v) is 21.5. The highest BCUT2D eigenvalue weighted by atomic mass is 35.5. The van der Waals surface area contributed by atoms with E-state index in [0.717, 1.165) is 18.5 Å². The predicted octanol–water partition coefficient (Wildman–Crippen LogP) is 5.12. The van der Waals surface area contributed by atoms with Gasteiger partial charge in [-0.25, -0.2) is 13.4 Å². The van der Waals surface area contributed by atoms with Crippen LogP contribution in [0.15, 0.2) is 47.4 Å². The predicted molar refractivity (Wildman–Crippen MR) is 138 cm³/mol.